The molecule has 0 aliphatic carbocycles. The number of halogens is 2. The van der Waals surface area contributed by atoms with Crippen LogP contribution in [-0.2, 0) is 0 Å². The third-order valence-electron chi connectivity index (χ3n) is 5.39. The Kier molecular flexibility index (Phi) is 5.05. The first kappa shape index (κ1) is 19.3. The van der Waals surface area contributed by atoms with E-state index in [0.29, 0.717) is 22.4 Å². The van der Waals surface area contributed by atoms with Gasteiger partial charge in [0.25, 0.3) is 0 Å². The molecule has 0 radical (unpaired) electrons. The first-order valence-corrected chi connectivity index (χ1v) is 10.7. The molecule has 152 valence electrons. The standard InChI is InChI=1S/C24H20Cl2N2O2/c1-2-29-18-10-8-16(9-11-18)24-28-22(14-21(27-28)15-6-4-3-5-7-15)19-12-17(25)13-20(26)23(19)30-24/h3-13,22,24H,2,14H2,1H3/t22-,24+/m0/s1. The number of rotatable bonds is 4. The zero-order valence-corrected chi connectivity index (χ0v) is 17.9. The zero-order chi connectivity index (χ0) is 20.7. The summed E-state index contributed by atoms with van der Waals surface area (Å²) in [5, 5.41) is 8.09. The van der Waals surface area contributed by atoms with E-state index >= 15 is 0 Å². The van der Waals surface area contributed by atoms with Crippen molar-refractivity contribution in [3.05, 3.63) is 93.5 Å². The number of hydrogen-bond acceptors (Lipinski definition) is 4. The predicted octanol–water partition coefficient (Wildman–Crippen LogP) is 6.63. The van der Waals surface area contributed by atoms with Crippen LogP contribution in [0.15, 0.2) is 71.8 Å². The van der Waals surface area contributed by atoms with Gasteiger partial charge >= 0.3 is 0 Å². The number of hydrazone groups is 1. The van der Waals surface area contributed by atoms with Crippen molar-refractivity contribution in [3.63, 3.8) is 0 Å². The van der Waals surface area contributed by atoms with Crippen LogP contribution < -0.4 is 9.47 Å². The van der Waals surface area contributed by atoms with Gasteiger partial charge in [0.05, 0.1) is 23.4 Å². The summed E-state index contributed by atoms with van der Waals surface area (Å²) in [6.07, 6.45) is 0.364. The van der Waals surface area contributed by atoms with Crippen LogP contribution >= 0.6 is 23.2 Å². The van der Waals surface area contributed by atoms with Crippen molar-refractivity contribution in [2.24, 2.45) is 5.10 Å². The highest BCUT2D eigenvalue weighted by Gasteiger charge is 2.42. The Morgan fingerprint density at radius 1 is 1.07 bits per heavy atom. The van der Waals surface area contributed by atoms with Gasteiger partial charge in [0.1, 0.15) is 11.5 Å². The van der Waals surface area contributed by atoms with Crippen LogP contribution in [0.25, 0.3) is 0 Å². The highest BCUT2D eigenvalue weighted by atomic mass is 35.5. The normalized spacial score (nSPS) is 19.6. The van der Waals surface area contributed by atoms with Crippen LogP contribution in [0.2, 0.25) is 10.0 Å². The molecule has 6 heteroatoms. The maximum absolute atomic E-state index is 6.53. The van der Waals surface area contributed by atoms with Crippen molar-refractivity contribution in [2.75, 3.05) is 6.61 Å². The predicted molar refractivity (Wildman–Crippen MR) is 120 cm³/mol. The molecule has 2 aliphatic heterocycles. The Hall–Kier alpha value is -2.69. The summed E-state index contributed by atoms with van der Waals surface area (Å²) in [6, 6.07) is 21.8. The van der Waals surface area contributed by atoms with Crippen LogP contribution in [0.3, 0.4) is 0 Å². The Labute approximate surface area is 185 Å². The van der Waals surface area contributed by atoms with Gasteiger partial charge in [-0.25, -0.2) is 5.01 Å². The Bertz CT molecular complexity index is 1100. The molecule has 2 atom stereocenters. The lowest BCUT2D eigenvalue weighted by molar-refractivity contribution is -0.0189. The molecule has 0 amide bonds. The fraction of sp³-hybridized carbons (Fsp3) is 0.208. The van der Waals surface area contributed by atoms with Gasteiger partial charge in [-0.15, -0.1) is 0 Å². The molecule has 0 bridgehead atoms. The van der Waals surface area contributed by atoms with Gasteiger partial charge in [-0.1, -0.05) is 53.5 Å². The monoisotopic (exact) mass is 438 g/mol. The lowest BCUT2D eigenvalue weighted by Gasteiger charge is -2.38. The molecule has 0 saturated carbocycles. The number of nitrogens with zero attached hydrogens (tertiary/aromatic N) is 2. The summed E-state index contributed by atoms with van der Waals surface area (Å²) in [7, 11) is 0. The molecule has 5 rings (SSSR count). The van der Waals surface area contributed by atoms with Gasteiger partial charge in [0, 0.05) is 22.6 Å². The smallest absolute Gasteiger partial charge is 0.213 e. The van der Waals surface area contributed by atoms with E-state index in [2.05, 4.69) is 12.1 Å². The maximum atomic E-state index is 6.53. The number of fused-ring (bicyclic) bond motifs is 3. The Morgan fingerprint density at radius 2 is 1.83 bits per heavy atom. The first-order chi connectivity index (χ1) is 14.6. The summed E-state index contributed by atoms with van der Waals surface area (Å²) >= 11 is 12.8. The van der Waals surface area contributed by atoms with E-state index < -0.39 is 6.23 Å². The third-order valence-corrected chi connectivity index (χ3v) is 5.89. The zero-order valence-electron chi connectivity index (χ0n) is 16.4. The minimum absolute atomic E-state index is 0.00303. The summed E-state index contributed by atoms with van der Waals surface area (Å²) in [5.41, 5.74) is 4.07. The second-order valence-corrected chi connectivity index (χ2v) is 8.13. The fourth-order valence-electron chi connectivity index (χ4n) is 4.03. The van der Waals surface area contributed by atoms with Crippen molar-refractivity contribution in [3.8, 4) is 11.5 Å². The molecule has 2 heterocycles. The molecular weight excluding hydrogens is 419 g/mol. The molecule has 0 spiro atoms. The highest BCUT2D eigenvalue weighted by molar-refractivity contribution is 6.35. The average Bonchev–Trinajstić information content (AvgIpc) is 3.21. The molecule has 0 aromatic heterocycles. The van der Waals surface area contributed by atoms with Crippen LogP contribution in [0.1, 0.15) is 42.3 Å². The SMILES string of the molecule is CCOc1ccc([C@H]2Oc3c(Cl)cc(Cl)cc3[C@@H]3CC(c4ccccc4)=NN23)cc1. The van der Waals surface area contributed by atoms with E-state index in [1.165, 1.54) is 0 Å². The fourth-order valence-corrected chi connectivity index (χ4v) is 4.59. The number of ether oxygens (including phenoxy) is 2. The minimum Gasteiger partial charge on any atom is -0.494 e. The van der Waals surface area contributed by atoms with Crippen LogP contribution in [0.5, 0.6) is 11.5 Å². The Balaban J connectivity index is 1.58. The number of benzene rings is 3. The van der Waals surface area contributed by atoms with Crippen molar-refractivity contribution in [1.29, 1.82) is 0 Å². The van der Waals surface area contributed by atoms with Crippen molar-refractivity contribution < 1.29 is 9.47 Å². The summed E-state index contributed by atoms with van der Waals surface area (Å²) < 4.78 is 12.0. The minimum atomic E-state index is -0.391. The van der Waals surface area contributed by atoms with E-state index in [1.54, 1.807) is 6.07 Å². The Morgan fingerprint density at radius 3 is 2.57 bits per heavy atom. The van der Waals surface area contributed by atoms with E-state index in [4.69, 9.17) is 37.8 Å². The quantitative estimate of drug-likeness (QED) is 0.457. The molecular formula is C24H20Cl2N2O2. The van der Waals surface area contributed by atoms with Crippen LogP contribution in [-0.4, -0.2) is 17.3 Å². The third kappa shape index (κ3) is 3.40. The second kappa shape index (κ2) is 7.86. The molecule has 2 aliphatic rings. The van der Waals surface area contributed by atoms with Crippen LogP contribution in [0, 0.1) is 0 Å². The lowest BCUT2D eigenvalue weighted by Crippen LogP contribution is -2.33. The van der Waals surface area contributed by atoms with E-state index in [9.17, 15) is 0 Å². The molecule has 0 fully saturated rings. The van der Waals surface area contributed by atoms with Gasteiger partial charge in [-0.05, 0) is 48.9 Å². The van der Waals surface area contributed by atoms with E-state index in [0.717, 1.165) is 34.6 Å². The molecule has 0 saturated heterocycles. The maximum Gasteiger partial charge on any atom is 0.213 e. The molecule has 30 heavy (non-hydrogen) atoms. The second-order valence-electron chi connectivity index (χ2n) is 7.29. The van der Waals surface area contributed by atoms with Gasteiger partial charge in [0.15, 0.2) is 0 Å². The van der Waals surface area contributed by atoms with Gasteiger partial charge in [-0.3, -0.25) is 0 Å². The molecule has 0 N–H and O–H groups in total. The topological polar surface area (TPSA) is 34.1 Å². The molecule has 3 aromatic rings. The average molecular weight is 439 g/mol. The largest absolute Gasteiger partial charge is 0.494 e. The van der Waals surface area contributed by atoms with Gasteiger partial charge in [-0.2, -0.15) is 5.10 Å². The number of hydrogen-bond donors (Lipinski definition) is 0. The molecule has 0 unspecified atom stereocenters. The molecule has 3 aromatic carbocycles. The van der Waals surface area contributed by atoms with Gasteiger partial charge in [0.2, 0.25) is 6.23 Å². The first-order valence-electron chi connectivity index (χ1n) is 9.93. The summed E-state index contributed by atoms with van der Waals surface area (Å²) in [4.78, 5) is 0. The van der Waals surface area contributed by atoms with E-state index in [1.807, 2.05) is 60.5 Å². The molecule has 4 nitrogen and oxygen atoms in total. The van der Waals surface area contributed by atoms with E-state index in [-0.39, 0.29) is 6.04 Å². The van der Waals surface area contributed by atoms with Crippen LogP contribution in [0.4, 0.5) is 0 Å². The van der Waals surface area contributed by atoms with Crippen molar-refractivity contribution in [2.45, 2.75) is 25.6 Å². The van der Waals surface area contributed by atoms with Gasteiger partial charge < -0.3 is 9.47 Å². The van der Waals surface area contributed by atoms with Crippen molar-refractivity contribution >= 4 is 28.9 Å². The van der Waals surface area contributed by atoms with Crippen molar-refractivity contribution in [1.82, 2.24) is 5.01 Å². The summed E-state index contributed by atoms with van der Waals surface area (Å²) in [5.74, 6) is 1.50. The lowest BCUT2D eigenvalue weighted by atomic mass is 9.96. The highest BCUT2D eigenvalue weighted by Crippen LogP contribution is 2.50. The summed E-state index contributed by atoms with van der Waals surface area (Å²) in [6.45, 7) is 2.60.